The lowest BCUT2D eigenvalue weighted by Crippen LogP contribution is -2.39. The van der Waals surface area contributed by atoms with Gasteiger partial charge < -0.3 is 4.42 Å². The topological polar surface area (TPSA) is 59.3 Å². The van der Waals surface area contributed by atoms with Crippen LogP contribution in [-0.4, -0.2) is 11.8 Å². The van der Waals surface area contributed by atoms with Crippen LogP contribution in [0.3, 0.4) is 0 Å². The number of rotatable bonds is 1. The van der Waals surface area contributed by atoms with E-state index in [0.29, 0.717) is 23.0 Å². The van der Waals surface area contributed by atoms with Gasteiger partial charge in [0.15, 0.2) is 5.82 Å². The van der Waals surface area contributed by atoms with Crippen molar-refractivity contribution in [1.29, 1.82) is 0 Å². The number of fused-ring (bicyclic) bond motifs is 1. The van der Waals surface area contributed by atoms with Crippen molar-refractivity contribution in [1.82, 2.24) is 5.32 Å². The number of carbonyl (C=O) groups excluding carboxylic acids is 2. The zero-order valence-electron chi connectivity index (χ0n) is 9.70. The van der Waals surface area contributed by atoms with E-state index in [2.05, 4.69) is 5.32 Å². The van der Waals surface area contributed by atoms with E-state index in [1.807, 2.05) is 0 Å². The molecule has 1 N–H and O–H groups in total. The highest BCUT2D eigenvalue weighted by atomic mass is 127. The minimum Gasteiger partial charge on any atom is -0.447 e. The smallest absolute Gasteiger partial charge is 0.234 e. The number of nitrogens with one attached hydrogen (secondary N) is 1. The summed E-state index contributed by atoms with van der Waals surface area (Å²) in [5.41, 5.74) is 1.02. The Morgan fingerprint density at radius 3 is 2.89 bits per heavy atom. The summed E-state index contributed by atoms with van der Waals surface area (Å²) in [6, 6.07) is 5.04. The minimum atomic E-state index is -0.470. The molecule has 98 valence electrons. The van der Waals surface area contributed by atoms with E-state index in [-0.39, 0.29) is 22.0 Å². The first kappa shape index (κ1) is 12.6. The maximum absolute atomic E-state index is 13.8. The summed E-state index contributed by atoms with van der Waals surface area (Å²) in [6.45, 7) is 0. The molecule has 1 atom stereocenters. The van der Waals surface area contributed by atoms with Crippen LogP contribution in [0.1, 0.15) is 24.3 Å². The Labute approximate surface area is 121 Å². The second kappa shape index (κ2) is 4.59. The van der Waals surface area contributed by atoms with E-state index in [1.165, 1.54) is 0 Å². The maximum Gasteiger partial charge on any atom is 0.234 e. The summed E-state index contributed by atoms with van der Waals surface area (Å²) >= 11 is 1.78. The van der Waals surface area contributed by atoms with Crippen molar-refractivity contribution in [2.24, 2.45) is 0 Å². The third-order valence-electron chi connectivity index (χ3n) is 3.26. The highest BCUT2D eigenvalue weighted by Gasteiger charge is 2.30. The fraction of sp³-hybridized carbons (Fsp3) is 0.231. The molecule has 19 heavy (non-hydrogen) atoms. The minimum absolute atomic E-state index is 0.173. The molecule has 1 saturated heterocycles. The molecule has 1 aliphatic heterocycles. The molecule has 0 bridgehead atoms. The lowest BCUT2D eigenvalue weighted by molar-refractivity contribution is -0.134. The number of imide groups is 1. The normalized spacial score (nSPS) is 19.8. The van der Waals surface area contributed by atoms with Gasteiger partial charge in [-0.15, -0.1) is 0 Å². The molecule has 2 aromatic rings. The van der Waals surface area contributed by atoms with E-state index in [1.54, 1.807) is 40.8 Å². The van der Waals surface area contributed by atoms with E-state index in [0.717, 1.165) is 0 Å². The van der Waals surface area contributed by atoms with Crippen molar-refractivity contribution in [3.05, 3.63) is 33.3 Å². The first-order chi connectivity index (χ1) is 9.08. The maximum atomic E-state index is 13.8. The van der Waals surface area contributed by atoms with E-state index in [9.17, 15) is 14.0 Å². The van der Waals surface area contributed by atoms with Gasteiger partial charge in [0.25, 0.3) is 0 Å². The molecular weight excluding hydrogens is 364 g/mol. The van der Waals surface area contributed by atoms with Gasteiger partial charge in [0.05, 0.1) is 11.3 Å². The molecule has 3 rings (SSSR count). The van der Waals surface area contributed by atoms with Crippen LogP contribution in [0.2, 0.25) is 0 Å². The summed E-state index contributed by atoms with van der Waals surface area (Å²) in [7, 11) is 0. The Morgan fingerprint density at radius 2 is 2.16 bits per heavy atom. The Morgan fingerprint density at radius 1 is 1.37 bits per heavy atom. The molecule has 4 nitrogen and oxygen atoms in total. The van der Waals surface area contributed by atoms with Gasteiger partial charge in [0, 0.05) is 34.6 Å². The first-order valence-corrected chi connectivity index (χ1v) is 6.86. The second-order valence-electron chi connectivity index (χ2n) is 4.42. The fourth-order valence-electron chi connectivity index (χ4n) is 2.35. The fourth-order valence-corrected chi connectivity index (χ4v) is 2.86. The van der Waals surface area contributed by atoms with Crippen molar-refractivity contribution in [2.75, 3.05) is 0 Å². The molecule has 1 aromatic heterocycles. The highest BCUT2D eigenvalue weighted by Crippen LogP contribution is 2.34. The van der Waals surface area contributed by atoms with Crippen LogP contribution in [0.5, 0.6) is 0 Å². The summed E-state index contributed by atoms with van der Waals surface area (Å²) in [5.74, 6) is -1.50. The Hall–Kier alpha value is -1.44. The van der Waals surface area contributed by atoms with Gasteiger partial charge in [0.1, 0.15) is 5.58 Å². The quantitative estimate of drug-likeness (QED) is 0.618. The number of furan rings is 1. The zero-order valence-corrected chi connectivity index (χ0v) is 11.9. The summed E-state index contributed by atoms with van der Waals surface area (Å²) in [5, 5.41) is 2.67. The molecule has 0 radical (unpaired) electrons. The average Bonchev–Trinajstić information content (AvgIpc) is 2.66. The number of benzene rings is 1. The molecule has 1 aromatic carbocycles. The molecule has 2 heterocycles. The molecular formula is C13H9FINO3. The van der Waals surface area contributed by atoms with Crippen LogP contribution < -0.4 is 5.32 Å². The van der Waals surface area contributed by atoms with Crippen molar-refractivity contribution in [2.45, 2.75) is 18.8 Å². The van der Waals surface area contributed by atoms with Crippen LogP contribution in [0.25, 0.3) is 11.0 Å². The third-order valence-corrected chi connectivity index (χ3v) is 3.95. The monoisotopic (exact) mass is 373 g/mol. The third kappa shape index (κ3) is 2.03. The number of hydrogen-bond donors (Lipinski definition) is 1. The van der Waals surface area contributed by atoms with Gasteiger partial charge in [-0.1, -0.05) is 12.1 Å². The standard InChI is InChI=1S/C13H9FINO3/c14-10-8-3-1-2-6(11(8)19-12(10)15)7-4-5-9(17)16-13(7)18/h1-3,7H,4-5H2,(H,16,17,18). The molecule has 2 amide bonds. The van der Waals surface area contributed by atoms with Crippen molar-refractivity contribution >= 4 is 45.4 Å². The molecule has 0 aliphatic carbocycles. The number of amides is 2. The lowest BCUT2D eigenvalue weighted by Gasteiger charge is -2.20. The summed E-state index contributed by atoms with van der Waals surface area (Å²) in [6.07, 6.45) is 0.704. The average molecular weight is 373 g/mol. The summed E-state index contributed by atoms with van der Waals surface area (Å²) < 4.78 is 19.4. The number of piperidine rings is 1. The lowest BCUT2D eigenvalue weighted by atomic mass is 9.89. The Balaban J connectivity index is 2.13. The molecule has 1 aliphatic rings. The van der Waals surface area contributed by atoms with E-state index >= 15 is 0 Å². The first-order valence-electron chi connectivity index (χ1n) is 5.78. The van der Waals surface area contributed by atoms with Gasteiger partial charge in [-0.2, -0.15) is 0 Å². The van der Waals surface area contributed by atoms with Crippen LogP contribution in [0.4, 0.5) is 4.39 Å². The van der Waals surface area contributed by atoms with E-state index in [4.69, 9.17) is 4.42 Å². The van der Waals surface area contributed by atoms with Gasteiger partial charge >= 0.3 is 0 Å². The van der Waals surface area contributed by atoms with E-state index < -0.39 is 11.7 Å². The van der Waals surface area contributed by atoms with Gasteiger partial charge in [0.2, 0.25) is 15.6 Å². The predicted molar refractivity (Wildman–Crippen MR) is 74.0 cm³/mol. The Kier molecular flexibility index (Phi) is 3.04. The van der Waals surface area contributed by atoms with Crippen molar-refractivity contribution in [3.63, 3.8) is 0 Å². The number of hydrogen-bond acceptors (Lipinski definition) is 3. The molecule has 0 saturated carbocycles. The molecule has 1 fully saturated rings. The highest BCUT2D eigenvalue weighted by molar-refractivity contribution is 14.1. The van der Waals surface area contributed by atoms with Gasteiger partial charge in [-0.05, 0) is 12.5 Å². The predicted octanol–water partition coefficient (Wildman–Crippen LogP) is 2.70. The van der Waals surface area contributed by atoms with Crippen LogP contribution in [0.15, 0.2) is 22.6 Å². The van der Waals surface area contributed by atoms with Crippen LogP contribution in [-0.2, 0) is 9.59 Å². The summed E-state index contributed by atoms with van der Waals surface area (Å²) in [4.78, 5) is 23.0. The molecule has 0 spiro atoms. The number of carbonyl (C=O) groups is 2. The van der Waals surface area contributed by atoms with Gasteiger partial charge in [-0.3, -0.25) is 14.9 Å². The SMILES string of the molecule is O=C1CCC(c2cccc3c(F)c(I)oc23)C(=O)N1. The van der Waals surface area contributed by atoms with Crippen LogP contribution >= 0.6 is 22.6 Å². The second-order valence-corrected chi connectivity index (χ2v) is 5.40. The number of para-hydroxylation sites is 1. The Bertz CT molecular complexity index is 694. The van der Waals surface area contributed by atoms with Crippen molar-refractivity contribution in [3.8, 4) is 0 Å². The van der Waals surface area contributed by atoms with Crippen molar-refractivity contribution < 1.29 is 18.4 Å². The zero-order chi connectivity index (χ0) is 13.6. The molecule has 1 unspecified atom stereocenters. The number of halogens is 2. The van der Waals surface area contributed by atoms with Gasteiger partial charge in [-0.25, -0.2) is 4.39 Å². The van der Waals surface area contributed by atoms with Crippen LogP contribution in [0, 0.1) is 9.58 Å². The molecule has 6 heteroatoms. The largest absolute Gasteiger partial charge is 0.447 e.